The molecular weight excluding hydrogens is 340 g/mol. The van der Waals surface area contributed by atoms with E-state index in [0.717, 1.165) is 0 Å². The number of nitrogens with zero attached hydrogens (tertiary/aromatic N) is 1. The molecule has 0 bridgehead atoms. The zero-order chi connectivity index (χ0) is 15.6. The minimum Gasteiger partial charge on any atom is -0.478 e. The number of carboxylic acid groups (broad SMARTS) is 1. The lowest BCUT2D eigenvalue weighted by molar-refractivity contribution is 0.00569. The van der Waals surface area contributed by atoms with Gasteiger partial charge in [-0.3, -0.25) is 0 Å². The van der Waals surface area contributed by atoms with E-state index in [1.165, 1.54) is 12.1 Å². The van der Waals surface area contributed by atoms with Gasteiger partial charge < -0.3 is 20.4 Å². The first-order chi connectivity index (χ1) is 9.78. The highest BCUT2D eigenvalue weighted by atomic mass is 79.9. The molecule has 2 rings (SSSR count). The maximum Gasteiger partial charge on any atom is 0.335 e. The number of rotatable bonds is 2. The van der Waals surface area contributed by atoms with E-state index in [0.29, 0.717) is 36.1 Å². The Morgan fingerprint density at radius 3 is 2.52 bits per heavy atom. The Kier molecular flexibility index (Phi) is 4.53. The summed E-state index contributed by atoms with van der Waals surface area (Å²) in [4.78, 5) is 24.7. The number of hydrogen-bond acceptors (Lipinski definition) is 3. The van der Waals surface area contributed by atoms with Crippen molar-refractivity contribution >= 4 is 33.6 Å². The molecule has 3 N–H and O–H groups in total. The maximum atomic E-state index is 12.2. The van der Waals surface area contributed by atoms with E-state index in [9.17, 15) is 14.7 Å². The molecule has 1 aliphatic heterocycles. The highest BCUT2D eigenvalue weighted by molar-refractivity contribution is 9.10. The molecule has 2 amide bonds. The fourth-order valence-electron chi connectivity index (χ4n) is 2.14. The molecule has 1 aromatic carbocycles. The normalized spacial score (nSPS) is 17.4. The molecule has 0 aromatic heterocycles. The second-order valence-electron chi connectivity index (χ2n) is 5.41. The number of halogens is 1. The quantitative estimate of drug-likeness (QED) is 0.759. The predicted molar refractivity (Wildman–Crippen MR) is 81.6 cm³/mol. The molecule has 1 saturated heterocycles. The molecule has 0 saturated carbocycles. The first-order valence-corrected chi connectivity index (χ1v) is 7.39. The van der Waals surface area contributed by atoms with Crippen LogP contribution in [0.25, 0.3) is 0 Å². The monoisotopic (exact) mass is 356 g/mol. The summed E-state index contributed by atoms with van der Waals surface area (Å²) in [6, 6.07) is 4.15. The molecule has 1 aliphatic rings. The van der Waals surface area contributed by atoms with E-state index in [4.69, 9.17) is 5.11 Å². The second-order valence-corrected chi connectivity index (χ2v) is 6.27. The van der Waals surface area contributed by atoms with Crippen LogP contribution in [0.15, 0.2) is 22.7 Å². The number of carbonyl (C=O) groups is 2. The van der Waals surface area contributed by atoms with Crippen LogP contribution in [0.1, 0.15) is 30.1 Å². The van der Waals surface area contributed by atoms with Crippen molar-refractivity contribution < 1.29 is 19.8 Å². The number of hydrogen-bond donors (Lipinski definition) is 3. The van der Waals surface area contributed by atoms with Gasteiger partial charge in [0.2, 0.25) is 0 Å². The Bertz CT molecular complexity index is 564. The van der Waals surface area contributed by atoms with Crippen LogP contribution in [-0.4, -0.2) is 45.8 Å². The van der Waals surface area contributed by atoms with Gasteiger partial charge in [0.1, 0.15) is 0 Å². The highest BCUT2D eigenvalue weighted by Crippen LogP contribution is 2.26. The Balaban J connectivity index is 2.06. The number of carbonyl (C=O) groups excluding carboxylic acids is 1. The van der Waals surface area contributed by atoms with Crippen molar-refractivity contribution in [1.29, 1.82) is 0 Å². The number of piperidine rings is 1. The van der Waals surface area contributed by atoms with Crippen LogP contribution in [0.2, 0.25) is 0 Å². The Morgan fingerprint density at radius 1 is 1.33 bits per heavy atom. The zero-order valence-electron chi connectivity index (χ0n) is 11.6. The van der Waals surface area contributed by atoms with Gasteiger partial charge in [0.15, 0.2) is 0 Å². The van der Waals surface area contributed by atoms with E-state index in [-0.39, 0.29) is 11.6 Å². The molecule has 0 atom stereocenters. The Labute approximate surface area is 130 Å². The summed E-state index contributed by atoms with van der Waals surface area (Å²) in [5, 5.41) is 21.5. The van der Waals surface area contributed by atoms with Crippen molar-refractivity contribution in [1.82, 2.24) is 4.90 Å². The molecule has 6 nitrogen and oxygen atoms in total. The molecule has 0 spiro atoms. The predicted octanol–water partition coefficient (Wildman–Crippen LogP) is 2.53. The van der Waals surface area contributed by atoms with Gasteiger partial charge in [-0.1, -0.05) is 0 Å². The third-order valence-electron chi connectivity index (χ3n) is 3.58. The summed E-state index contributed by atoms with van der Waals surface area (Å²) in [6.45, 7) is 2.69. The van der Waals surface area contributed by atoms with Crippen molar-refractivity contribution in [2.75, 3.05) is 18.4 Å². The van der Waals surface area contributed by atoms with E-state index < -0.39 is 11.6 Å². The molecular formula is C14H17BrN2O4. The first kappa shape index (κ1) is 15.8. The van der Waals surface area contributed by atoms with Crippen LogP contribution >= 0.6 is 15.9 Å². The summed E-state index contributed by atoms with van der Waals surface area (Å²) in [5.41, 5.74) is -0.201. The number of benzene rings is 1. The lowest BCUT2D eigenvalue weighted by Crippen LogP contribution is -2.46. The summed E-state index contributed by atoms with van der Waals surface area (Å²) in [7, 11) is 0. The smallest absolute Gasteiger partial charge is 0.335 e. The van der Waals surface area contributed by atoms with E-state index in [2.05, 4.69) is 21.2 Å². The Morgan fingerprint density at radius 2 is 1.95 bits per heavy atom. The van der Waals surface area contributed by atoms with Crippen LogP contribution in [0.4, 0.5) is 10.5 Å². The van der Waals surface area contributed by atoms with Gasteiger partial charge in [-0.05, 0) is 53.9 Å². The van der Waals surface area contributed by atoms with Crippen LogP contribution < -0.4 is 5.32 Å². The summed E-state index contributed by atoms with van der Waals surface area (Å²) >= 11 is 3.28. The molecule has 0 aliphatic carbocycles. The molecule has 0 unspecified atom stereocenters. The average molecular weight is 357 g/mol. The van der Waals surface area contributed by atoms with Gasteiger partial charge in [-0.2, -0.15) is 0 Å². The summed E-state index contributed by atoms with van der Waals surface area (Å²) < 4.78 is 0.616. The van der Waals surface area contributed by atoms with Crippen molar-refractivity contribution in [3.05, 3.63) is 28.2 Å². The van der Waals surface area contributed by atoms with Gasteiger partial charge in [-0.15, -0.1) is 0 Å². The maximum absolute atomic E-state index is 12.2. The number of nitrogens with one attached hydrogen (secondary N) is 1. The SMILES string of the molecule is CC1(O)CCN(C(=O)Nc2cc(C(=O)O)ccc2Br)CC1. The lowest BCUT2D eigenvalue weighted by Gasteiger charge is -2.35. The number of urea groups is 1. The van der Waals surface area contributed by atoms with Gasteiger partial charge in [0.25, 0.3) is 0 Å². The third-order valence-corrected chi connectivity index (χ3v) is 4.27. The van der Waals surface area contributed by atoms with Crippen LogP contribution in [0.5, 0.6) is 0 Å². The molecule has 1 fully saturated rings. The number of aromatic carboxylic acids is 1. The molecule has 1 heterocycles. The minimum absolute atomic E-state index is 0.107. The largest absolute Gasteiger partial charge is 0.478 e. The summed E-state index contributed by atoms with van der Waals surface area (Å²) in [6.07, 6.45) is 1.05. The molecule has 7 heteroatoms. The molecule has 21 heavy (non-hydrogen) atoms. The van der Waals surface area contributed by atoms with Crippen LogP contribution in [0, 0.1) is 0 Å². The van der Waals surface area contributed by atoms with Crippen molar-refractivity contribution in [3.8, 4) is 0 Å². The van der Waals surface area contributed by atoms with Crippen molar-refractivity contribution in [2.24, 2.45) is 0 Å². The standard InChI is InChI=1S/C14H17BrN2O4/c1-14(21)4-6-17(7-5-14)13(20)16-11-8-9(12(18)19)2-3-10(11)15/h2-3,8,21H,4-7H2,1H3,(H,16,20)(H,18,19). The zero-order valence-corrected chi connectivity index (χ0v) is 13.2. The number of likely N-dealkylation sites (tertiary alicyclic amines) is 1. The number of anilines is 1. The van der Waals surface area contributed by atoms with E-state index in [1.54, 1.807) is 17.9 Å². The first-order valence-electron chi connectivity index (χ1n) is 6.60. The number of amides is 2. The van der Waals surface area contributed by atoms with Crippen molar-refractivity contribution in [3.63, 3.8) is 0 Å². The fourth-order valence-corrected chi connectivity index (χ4v) is 2.49. The van der Waals surface area contributed by atoms with Gasteiger partial charge >= 0.3 is 12.0 Å². The third kappa shape index (κ3) is 3.95. The Hall–Kier alpha value is -1.60. The van der Waals surface area contributed by atoms with Gasteiger partial charge in [-0.25, -0.2) is 9.59 Å². The highest BCUT2D eigenvalue weighted by Gasteiger charge is 2.29. The van der Waals surface area contributed by atoms with Gasteiger partial charge in [0.05, 0.1) is 16.9 Å². The summed E-state index contributed by atoms with van der Waals surface area (Å²) in [5.74, 6) is -1.05. The van der Waals surface area contributed by atoms with E-state index in [1.807, 2.05) is 0 Å². The van der Waals surface area contributed by atoms with Crippen LogP contribution in [-0.2, 0) is 0 Å². The van der Waals surface area contributed by atoms with Crippen LogP contribution in [0.3, 0.4) is 0 Å². The molecule has 114 valence electrons. The van der Waals surface area contributed by atoms with Gasteiger partial charge in [0, 0.05) is 17.6 Å². The lowest BCUT2D eigenvalue weighted by atomic mass is 9.94. The van der Waals surface area contributed by atoms with E-state index >= 15 is 0 Å². The minimum atomic E-state index is -1.05. The van der Waals surface area contributed by atoms with Crippen molar-refractivity contribution in [2.45, 2.75) is 25.4 Å². The second kappa shape index (κ2) is 6.03. The molecule has 0 radical (unpaired) electrons. The number of carboxylic acids is 1. The number of aliphatic hydroxyl groups is 1. The molecule has 1 aromatic rings. The fraction of sp³-hybridized carbons (Fsp3) is 0.429. The topological polar surface area (TPSA) is 89.9 Å². The average Bonchev–Trinajstić information content (AvgIpc) is 2.40.